The van der Waals surface area contributed by atoms with Crippen LogP contribution in [-0.4, -0.2) is 14.0 Å². The van der Waals surface area contributed by atoms with Gasteiger partial charge in [-0.3, -0.25) is 4.21 Å². The number of rotatable bonds is 4. The molecule has 11 heavy (non-hydrogen) atoms. The average molecular weight is 184 g/mol. The Hall–Kier alpha value is 0.850. The molecule has 0 aromatic carbocycles. The van der Waals surface area contributed by atoms with E-state index in [1.165, 1.54) is 0 Å². The third-order valence-electron chi connectivity index (χ3n) is 1.64. The molecule has 0 aliphatic rings. The molecule has 0 spiro atoms. The second-order valence-electron chi connectivity index (χ2n) is 2.47. The Morgan fingerprint density at radius 2 is 2.09 bits per heavy atom. The molecule has 0 saturated heterocycles. The molecule has 0 saturated carbocycles. The molecule has 0 aromatic heterocycles. The molecule has 0 N–H and O–H groups in total. The Kier molecular flexibility index (Phi) is 9.80. The van der Waals surface area contributed by atoms with Gasteiger partial charge in [-0.1, -0.05) is 31.0 Å². The number of allylic oxidation sites excluding steroid dienone is 1. The van der Waals surface area contributed by atoms with Crippen molar-refractivity contribution in [2.24, 2.45) is 5.92 Å². The molecule has 0 amide bonds. The van der Waals surface area contributed by atoms with Crippen molar-refractivity contribution in [2.75, 3.05) is 0 Å². The van der Waals surface area contributed by atoms with E-state index in [-0.39, 0.29) is 40.7 Å². The van der Waals surface area contributed by atoms with Gasteiger partial charge in [0.2, 0.25) is 0 Å². The number of hydrogen-bond donors (Lipinski definition) is 0. The normalized spacial score (nSPS) is 17.7. The summed E-state index contributed by atoms with van der Waals surface area (Å²) < 4.78 is 20.8. The topological polar surface area (TPSA) is 40.1 Å². The third kappa shape index (κ3) is 6.05. The first-order chi connectivity index (χ1) is 4.59. The van der Waals surface area contributed by atoms with Crippen LogP contribution in [-0.2, 0) is 11.1 Å². The predicted octanol–water partition coefficient (Wildman–Crippen LogP) is -1.53. The minimum Gasteiger partial charge on any atom is -0.772 e. The van der Waals surface area contributed by atoms with Gasteiger partial charge in [0.05, 0.1) is 0 Å². The summed E-state index contributed by atoms with van der Waals surface area (Å²) in [6.07, 6.45) is 2.50. The van der Waals surface area contributed by atoms with Crippen LogP contribution in [0.4, 0.5) is 0 Å². The average Bonchev–Trinajstić information content (AvgIpc) is 1.87. The third-order valence-corrected chi connectivity index (χ3v) is 2.72. The van der Waals surface area contributed by atoms with E-state index in [0.717, 1.165) is 6.42 Å². The monoisotopic (exact) mass is 184 g/mol. The molecule has 2 nitrogen and oxygen atoms in total. The summed E-state index contributed by atoms with van der Waals surface area (Å²) in [7, 11) is 0. The summed E-state index contributed by atoms with van der Waals surface area (Å²) in [4.78, 5) is 0. The largest absolute Gasteiger partial charge is 1.00 e. The van der Waals surface area contributed by atoms with Crippen molar-refractivity contribution in [3.63, 3.8) is 0 Å². The first-order valence-electron chi connectivity index (χ1n) is 3.28. The van der Waals surface area contributed by atoms with E-state index in [1.807, 2.05) is 6.92 Å². The molecule has 1 unspecified atom stereocenters. The van der Waals surface area contributed by atoms with Crippen LogP contribution < -0.4 is 29.6 Å². The maximum absolute atomic E-state index is 10.4. The summed E-state index contributed by atoms with van der Waals surface area (Å²) in [5.74, 6) is 0.177. The zero-order chi connectivity index (χ0) is 8.15. The van der Waals surface area contributed by atoms with E-state index in [0.29, 0.717) is 0 Å². The summed E-state index contributed by atoms with van der Waals surface area (Å²) in [5, 5.41) is -0.266. The molecule has 0 aromatic rings. The SMILES string of the molecule is C=CC[C@H](C)[C@@H](C)S(=O)[O-].[Na+]. The fraction of sp³-hybridized carbons (Fsp3) is 0.714. The van der Waals surface area contributed by atoms with Gasteiger partial charge in [0.1, 0.15) is 0 Å². The van der Waals surface area contributed by atoms with Crippen molar-refractivity contribution in [1.29, 1.82) is 0 Å². The summed E-state index contributed by atoms with van der Waals surface area (Å²) in [6, 6.07) is 0. The zero-order valence-corrected chi connectivity index (χ0v) is 10.2. The van der Waals surface area contributed by atoms with Gasteiger partial charge in [0.15, 0.2) is 0 Å². The minimum absolute atomic E-state index is 0. The van der Waals surface area contributed by atoms with E-state index in [1.54, 1.807) is 13.0 Å². The zero-order valence-electron chi connectivity index (χ0n) is 7.37. The van der Waals surface area contributed by atoms with Crippen molar-refractivity contribution in [3.8, 4) is 0 Å². The summed E-state index contributed by atoms with van der Waals surface area (Å²) in [6.45, 7) is 7.15. The van der Waals surface area contributed by atoms with E-state index in [2.05, 4.69) is 6.58 Å². The molecule has 3 atom stereocenters. The molecule has 0 fully saturated rings. The Morgan fingerprint density at radius 3 is 2.36 bits per heavy atom. The van der Waals surface area contributed by atoms with Crippen LogP contribution in [0.15, 0.2) is 12.7 Å². The molecule has 0 aliphatic heterocycles. The molecule has 0 radical (unpaired) electrons. The first-order valence-corrected chi connectivity index (χ1v) is 4.42. The second-order valence-corrected chi connectivity index (χ2v) is 3.73. The van der Waals surface area contributed by atoms with E-state index in [9.17, 15) is 8.76 Å². The summed E-state index contributed by atoms with van der Waals surface area (Å²) in [5.41, 5.74) is 0. The maximum Gasteiger partial charge on any atom is 1.00 e. The molecule has 0 rings (SSSR count). The van der Waals surface area contributed by atoms with Crippen molar-refractivity contribution >= 4 is 11.1 Å². The fourth-order valence-electron chi connectivity index (χ4n) is 0.644. The van der Waals surface area contributed by atoms with Crippen molar-refractivity contribution < 1.29 is 38.3 Å². The molecule has 0 bridgehead atoms. The van der Waals surface area contributed by atoms with Crippen LogP contribution in [0.3, 0.4) is 0 Å². The second kappa shape index (κ2) is 7.50. The molecular weight excluding hydrogens is 171 g/mol. The van der Waals surface area contributed by atoms with Crippen LogP contribution in [0, 0.1) is 5.92 Å². The molecule has 0 heterocycles. The number of hydrogen-bond acceptors (Lipinski definition) is 2. The molecular formula is C7H13NaO2S. The quantitative estimate of drug-likeness (QED) is 0.302. The van der Waals surface area contributed by atoms with Crippen LogP contribution in [0.2, 0.25) is 0 Å². The van der Waals surface area contributed by atoms with E-state index < -0.39 is 11.1 Å². The van der Waals surface area contributed by atoms with Crippen molar-refractivity contribution in [1.82, 2.24) is 0 Å². The van der Waals surface area contributed by atoms with Gasteiger partial charge in [0, 0.05) is 5.25 Å². The van der Waals surface area contributed by atoms with Crippen molar-refractivity contribution in [3.05, 3.63) is 12.7 Å². The molecule has 0 aliphatic carbocycles. The Morgan fingerprint density at radius 1 is 1.64 bits per heavy atom. The van der Waals surface area contributed by atoms with Gasteiger partial charge in [-0.25, -0.2) is 0 Å². The van der Waals surface area contributed by atoms with E-state index >= 15 is 0 Å². The Balaban J connectivity index is 0. The van der Waals surface area contributed by atoms with Crippen LogP contribution >= 0.6 is 0 Å². The van der Waals surface area contributed by atoms with Crippen LogP contribution in [0.25, 0.3) is 0 Å². The molecule has 4 heteroatoms. The maximum atomic E-state index is 10.4. The van der Waals surface area contributed by atoms with Gasteiger partial charge < -0.3 is 4.55 Å². The van der Waals surface area contributed by atoms with Gasteiger partial charge >= 0.3 is 29.6 Å². The summed E-state index contributed by atoms with van der Waals surface area (Å²) >= 11 is -1.94. The standard InChI is InChI=1S/C7H14O2S.Na/c1-4-5-6(2)7(3)10(8)9;/h4,6-7H,1,5H2,2-3H3,(H,8,9);/q;+1/p-1/t6-,7+;/m0./s1. The van der Waals surface area contributed by atoms with Gasteiger partial charge in [-0.2, -0.15) is 0 Å². The first kappa shape index (κ1) is 14.4. The smallest absolute Gasteiger partial charge is 0.772 e. The van der Waals surface area contributed by atoms with Crippen LogP contribution in [0.1, 0.15) is 20.3 Å². The minimum atomic E-state index is -1.94. The predicted molar refractivity (Wildman–Crippen MR) is 42.4 cm³/mol. The molecule has 60 valence electrons. The van der Waals surface area contributed by atoms with Gasteiger partial charge in [-0.15, -0.1) is 6.58 Å². The van der Waals surface area contributed by atoms with Gasteiger partial charge in [-0.05, 0) is 12.3 Å². The fourth-order valence-corrected chi connectivity index (χ4v) is 1.13. The van der Waals surface area contributed by atoms with Crippen LogP contribution in [0.5, 0.6) is 0 Å². The Labute approximate surface area is 93.0 Å². The van der Waals surface area contributed by atoms with Gasteiger partial charge in [0.25, 0.3) is 0 Å². The van der Waals surface area contributed by atoms with Crippen molar-refractivity contribution in [2.45, 2.75) is 25.5 Å². The Bertz CT molecular complexity index is 138. The van der Waals surface area contributed by atoms with E-state index in [4.69, 9.17) is 0 Å².